The number of methoxy groups -OCH3 is 1. The van der Waals surface area contributed by atoms with Crippen LogP contribution in [0.5, 0.6) is 11.5 Å². The molecule has 0 aliphatic carbocycles. The van der Waals surface area contributed by atoms with Gasteiger partial charge in [0.2, 0.25) is 0 Å². The molecule has 0 fully saturated rings. The molecule has 1 unspecified atom stereocenters. The number of nitrogens with zero attached hydrogens (tertiary/aromatic N) is 1. The van der Waals surface area contributed by atoms with E-state index >= 15 is 0 Å². The first-order valence-corrected chi connectivity index (χ1v) is 7.90. The van der Waals surface area contributed by atoms with Gasteiger partial charge in [0.1, 0.15) is 6.61 Å². The summed E-state index contributed by atoms with van der Waals surface area (Å²) in [5.41, 5.74) is 7.18. The molecule has 0 spiro atoms. The van der Waals surface area contributed by atoms with Gasteiger partial charge in [-0.3, -0.25) is 0 Å². The van der Waals surface area contributed by atoms with Crippen molar-refractivity contribution in [2.24, 2.45) is 5.73 Å². The van der Waals surface area contributed by atoms with Crippen LogP contribution in [-0.2, 0) is 13.0 Å². The maximum atomic E-state index is 6.01. The predicted octanol–water partition coefficient (Wildman–Crippen LogP) is 3.32. The number of hydrogen-bond acceptors (Lipinski definition) is 5. The largest absolute Gasteiger partial charge is 0.493 e. The Hall–Kier alpha value is -1.59. The lowest BCUT2D eigenvalue weighted by atomic mass is 10.0. The van der Waals surface area contributed by atoms with Crippen LogP contribution in [-0.4, -0.2) is 18.1 Å². The molecule has 2 aromatic rings. The van der Waals surface area contributed by atoms with Gasteiger partial charge in [-0.25, -0.2) is 4.98 Å². The third-order valence-electron chi connectivity index (χ3n) is 3.29. The second-order valence-electron chi connectivity index (χ2n) is 4.99. The first-order valence-electron chi connectivity index (χ1n) is 7.09. The first-order chi connectivity index (χ1) is 10.1. The van der Waals surface area contributed by atoms with E-state index in [1.807, 2.05) is 31.3 Å². The maximum absolute atomic E-state index is 6.01. The Morgan fingerprint density at radius 2 is 2.14 bits per heavy atom. The standard InChI is InChI=1S/C16H22N2O2S/c1-4-13(17)7-12-5-6-15(19-3)16(8-12)20-10-14-9-18-11(2)21-14/h5-6,8-9,13H,4,7,10,17H2,1-3H3. The number of benzene rings is 1. The third kappa shape index (κ3) is 4.44. The number of thiazole rings is 1. The summed E-state index contributed by atoms with van der Waals surface area (Å²) in [5, 5.41) is 1.04. The summed E-state index contributed by atoms with van der Waals surface area (Å²) < 4.78 is 11.2. The zero-order chi connectivity index (χ0) is 15.2. The number of ether oxygens (including phenoxy) is 2. The van der Waals surface area contributed by atoms with Gasteiger partial charge < -0.3 is 15.2 Å². The van der Waals surface area contributed by atoms with E-state index < -0.39 is 0 Å². The Labute approximate surface area is 129 Å². The smallest absolute Gasteiger partial charge is 0.161 e. The number of aryl methyl sites for hydroxylation is 1. The van der Waals surface area contributed by atoms with Crippen molar-refractivity contribution in [2.45, 2.75) is 39.3 Å². The highest BCUT2D eigenvalue weighted by Crippen LogP contribution is 2.29. The van der Waals surface area contributed by atoms with Crippen molar-refractivity contribution in [1.82, 2.24) is 4.98 Å². The molecule has 1 atom stereocenters. The maximum Gasteiger partial charge on any atom is 0.161 e. The average molecular weight is 306 g/mol. The normalized spacial score (nSPS) is 12.2. The molecule has 4 nitrogen and oxygen atoms in total. The number of hydrogen-bond donors (Lipinski definition) is 1. The molecule has 0 saturated carbocycles. The molecule has 5 heteroatoms. The zero-order valence-electron chi connectivity index (χ0n) is 12.8. The van der Waals surface area contributed by atoms with Crippen LogP contribution in [0.25, 0.3) is 0 Å². The third-order valence-corrected chi connectivity index (χ3v) is 4.18. The summed E-state index contributed by atoms with van der Waals surface area (Å²) in [4.78, 5) is 5.33. The molecule has 0 saturated heterocycles. The summed E-state index contributed by atoms with van der Waals surface area (Å²) >= 11 is 1.64. The van der Waals surface area contributed by atoms with Crippen LogP contribution in [0.4, 0.5) is 0 Å². The van der Waals surface area contributed by atoms with E-state index in [-0.39, 0.29) is 6.04 Å². The van der Waals surface area contributed by atoms with Gasteiger partial charge in [-0.05, 0) is 37.5 Å². The van der Waals surface area contributed by atoms with Crippen molar-refractivity contribution in [3.05, 3.63) is 39.8 Å². The fourth-order valence-corrected chi connectivity index (χ4v) is 2.74. The molecule has 0 aliphatic heterocycles. The van der Waals surface area contributed by atoms with E-state index in [1.165, 1.54) is 5.56 Å². The molecule has 1 heterocycles. The van der Waals surface area contributed by atoms with E-state index in [0.29, 0.717) is 6.61 Å². The topological polar surface area (TPSA) is 57.4 Å². The Kier molecular flexibility index (Phi) is 5.59. The predicted molar refractivity (Wildman–Crippen MR) is 86.1 cm³/mol. The summed E-state index contributed by atoms with van der Waals surface area (Å²) in [6.45, 7) is 4.59. The van der Waals surface area contributed by atoms with E-state index in [4.69, 9.17) is 15.2 Å². The monoisotopic (exact) mass is 306 g/mol. The van der Waals surface area contributed by atoms with Crippen LogP contribution >= 0.6 is 11.3 Å². The zero-order valence-corrected chi connectivity index (χ0v) is 13.6. The molecule has 114 valence electrons. The summed E-state index contributed by atoms with van der Waals surface area (Å²) in [5.74, 6) is 1.49. The van der Waals surface area contributed by atoms with Crippen LogP contribution in [0.3, 0.4) is 0 Å². The Morgan fingerprint density at radius 3 is 2.76 bits per heavy atom. The van der Waals surface area contributed by atoms with Gasteiger partial charge in [0.25, 0.3) is 0 Å². The van der Waals surface area contributed by atoms with E-state index in [0.717, 1.165) is 34.2 Å². The molecule has 0 bridgehead atoms. The van der Waals surface area contributed by atoms with Crippen molar-refractivity contribution in [1.29, 1.82) is 0 Å². The molecule has 0 amide bonds. The Morgan fingerprint density at radius 1 is 1.33 bits per heavy atom. The summed E-state index contributed by atoms with van der Waals surface area (Å²) in [6, 6.07) is 6.17. The highest BCUT2D eigenvalue weighted by molar-refractivity contribution is 7.11. The lowest BCUT2D eigenvalue weighted by Crippen LogP contribution is -2.21. The second kappa shape index (κ2) is 7.43. The minimum atomic E-state index is 0.176. The van der Waals surface area contributed by atoms with Crippen LogP contribution in [0.15, 0.2) is 24.4 Å². The number of rotatable bonds is 7. The molecule has 1 aromatic carbocycles. The fourth-order valence-electron chi connectivity index (χ4n) is 2.03. The van der Waals surface area contributed by atoms with Crippen molar-refractivity contribution in [3.63, 3.8) is 0 Å². The van der Waals surface area contributed by atoms with Gasteiger partial charge in [-0.2, -0.15) is 0 Å². The fraction of sp³-hybridized carbons (Fsp3) is 0.438. The van der Waals surface area contributed by atoms with Crippen LogP contribution < -0.4 is 15.2 Å². The molecular weight excluding hydrogens is 284 g/mol. The van der Waals surface area contributed by atoms with Gasteiger partial charge >= 0.3 is 0 Å². The Bertz CT molecular complexity index is 583. The molecule has 2 N–H and O–H groups in total. The quantitative estimate of drug-likeness (QED) is 0.852. The SMILES string of the molecule is CCC(N)Cc1ccc(OC)c(OCc2cnc(C)s2)c1. The van der Waals surface area contributed by atoms with E-state index in [9.17, 15) is 0 Å². The molecule has 0 radical (unpaired) electrons. The molecule has 1 aromatic heterocycles. The van der Waals surface area contributed by atoms with Gasteiger partial charge in [-0.15, -0.1) is 11.3 Å². The van der Waals surface area contributed by atoms with Crippen LogP contribution in [0.1, 0.15) is 28.8 Å². The summed E-state index contributed by atoms with van der Waals surface area (Å²) in [6.07, 6.45) is 3.65. The Balaban J connectivity index is 2.09. The van der Waals surface area contributed by atoms with Gasteiger partial charge in [-0.1, -0.05) is 13.0 Å². The van der Waals surface area contributed by atoms with Crippen LogP contribution in [0, 0.1) is 6.92 Å². The lowest BCUT2D eigenvalue weighted by molar-refractivity contribution is 0.286. The number of aromatic nitrogens is 1. The van der Waals surface area contributed by atoms with Gasteiger partial charge in [0.05, 0.1) is 17.0 Å². The van der Waals surface area contributed by atoms with E-state index in [2.05, 4.69) is 11.9 Å². The highest BCUT2D eigenvalue weighted by atomic mass is 32.1. The molecule has 0 aliphatic rings. The van der Waals surface area contributed by atoms with Crippen molar-refractivity contribution in [3.8, 4) is 11.5 Å². The van der Waals surface area contributed by atoms with Crippen molar-refractivity contribution >= 4 is 11.3 Å². The molecule has 2 rings (SSSR count). The average Bonchev–Trinajstić information content (AvgIpc) is 2.90. The van der Waals surface area contributed by atoms with Gasteiger partial charge in [0.15, 0.2) is 11.5 Å². The minimum absolute atomic E-state index is 0.176. The molecule has 21 heavy (non-hydrogen) atoms. The van der Waals surface area contributed by atoms with Crippen LogP contribution in [0.2, 0.25) is 0 Å². The van der Waals surface area contributed by atoms with Crippen molar-refractivity contribution in [2.75, 3.05) is 7.11 Å². The molecular formula is C16H22N2O2S. The van der Waals surface area contributed by atoms with E-state index in [1.54, 1.807) is 18.4 Å². The number of nitrogens with two attached hydrogens (primary N) is 1. The highest BCUT2D eigenvalue weighted by Gasteiger charge is 2.09. The summed E-state index contributed by atoms with van der Waals surface area (Å²) in [7, 11) is 1.65. The lowest BCUT2D eigenvalue weighted by Gasteiger charge is -2.13. The first kappa shape index (κ1) is 15.8. The van der Waals surface area contributed by atoms with Gasteiger partial charge in [0, 0.05) is 12.2 Å². The minimum Gasteiger partial charge on any atom is -0.493 e. The second-order valence-corrected chi connectivity index (χ2v) is 6.31. The van der Waals surface area contributed by atoms with Crippen molar-refractivity contribution < 1.29 is 9.47 Å².